The highest BCUT2D eigenvalue weighted by Crippen LogP contribution is 2.27. The number of carbonyl (C=O) groups is 2. The minimum Gasteiger partial charge on any atom is -0.493 e. The maximum atomic E-state index is 11.9. The van der Waals surface area contributed by atoms with Gasteiger partial charge in [-0.15, -0.1) is 0 Å². The van der Waals surface area contributed by atoms with Gasteiger partial charge in [-0.1, -0.05) is 24.3 Å². The smallest absolute Gasteiger partial charge is 0.344 e. The number of ether oxygens (including phenoxy) is 4. The monoisotopic (exact) mass is 387 g/mol. The summed E-state index contributed by atoms with van der Waals surface area (Å²) in [7, 11) is 3.10. The number of nitrogens with one attached hydrogen (secondary N) is 1. The normalized spacial score (nSPS) is 10.1. The van der Waals surface area contributed by atoms with Crippen molar-refractivity contribution in [1.29, 1.82) is 0 Å². The second-order valence-electron chi connectivity index (χ2n) is 6.14. The van der Waals surface area contributed by atoms with Crippen molar-refractivity contribution in [3.05, 3.63) is 53.1 Å². The Morgan fingerprint density at radius 1 is 0.929 bits per heavy atom. The van der Waals surface area contributed by atoms with Crippen LogP contribution in [0, 0.1) is 13.8 Å². The highest BCUT2D eigenvalue weighted by atomic mass is 16.6. The van der Waals surface area contributed by atoms with E-state index in [0.29, 0.717) is 17.2 Å². The lowest BCUT2D eigenvalue weighted by molar-refractivity contribution is -0.150. The number of amides is 1. The Kier molecular flexibility index (Phi) is 7.68. The van der Waals surface area contributed by atoms with E-state index in [4.69, 9.17) is 18.9 Å². The van der Waals surface area contributed by atoms with Crippen LogP contribution in [0.15, 0.2) is 36.4 Å². The lowest BCUT2D eigenvalue weighted by atomic mass is 10.1. The molecule has 150 valence electrons. The average molecular weight is 387 g/mol. The first-order valence-corrected chi connectivity index (χ1v) is 8.76. The summed E-state index contributed by atoms with van der Waals surface area (Å²) in [6.45, 7) is 3.44. The molecule has 0 aromatic heterocycles. The summed E-state index contributed by atoms with van der Waals surface area (Å²) in [5, 5.41) is 2.68. The van der Waals surface area contributed by atoms with Crippen LogP contribution in [0.4, 0.5) is 0 Å². The van der Waals surface area contributed by atoms with Crippen molar-refractivity contribution in [2.24, 2.45) is 0 Å². The van der Waals surface area contributed by atoms with E-state index >= 15 is 0 Å². The Hall–Kier alpha value is -3.22. The predicted molar refractivity (Wildman–Crippen MR) is 104 cm³/mol. The number of hydrogen-bond acceptors (Lipinski definition) is 6. The number of carbonyl (C=O) groups excluding carboxylic acids is 2. The molecule has 0 aliphatic heterocycles. The molecule has 0 bridgehead atoms. The Bertz CT molecular complexity index is 813. The van der Waals surface area contributed by atoms with Crippen LogP contribution in [0.25, 0.3) is 0 Å². The van der Waals surface area contributed by atoms with Gasteiger partial charge in [0.05, 0.1) is 14.2 Å². The molecule has 7 heteroatoms. The molecule has 0 unspecified atom stereocenters. The molecule has 2 rings (SSSR count). The molecular formula is C21H25NO6. The lowest BCUT2D eigenvalue weighted by Gasteiger charge is -2.12. The molecule has 0 aliphatic carbocycles. The Morgan fingerprint density at radius 2 is 1.61 bits per heavy atom. The molecule has 0 atom stereocenters. The molecule has 2 aromatic rings. The minimum absolute atomic E-state index is 0.255. The van der Waals surface area contributed by atoms with E-state index in [9.17, 15) is 9.59 Å². The van der Waals surface area contributed by atoms with Crippen molar-refractivity contribution in [2.75, 3.05) is 27.4 Å². The molecule has 28 heavy (non-hydrogen) atoms. The second-order valence-corrected chi connectivity index (χ2v) is 6.14. The molecular weight excluding hydrogens is 362 g/mol. The van der Waals surface area contributed by atoms with Crippen LogP contribution >= 0.6 is 0 Å². The van der Waals surface area contributed by atoms with Gasteiger partial charge in [-0.2, -0.15) is 0 Å². The second kappa shape index (κ2) is 10.2. The number of hydrogen-bond donors (Lipinski definition) is 1. The summed E-state index contributed by atoms with van der Waals surface area (Å²) in [5.74, 6) is 0.816. The van der Waals surface area contributed by atoms with Crippen molar-refractivity contribution < 1.29 is 28.5 Å². The van der Waals surface area contributed by atoms with Gasteiger partial charge in [-0.3, -0.25) is 4.79 Å². The molecule has 0 fully saturated rings. The van der Waals surface area contributed by atoms with Gasteiger partial charge in [0.2, 0.25) is 0 Å². The van der Waals surface area contributed by atoms with Crippen LogP contribution in [0.2, 0.25) is 0 Å². The summed E-state index contributed by atoms with van der Waals surface area (Å²) in [6, 6.07) is 11.0. The van der Waals surface area contributed by atoms with Crippen molar-refractivity contribution >= 4 is 11.9 Å². The largest absolute Gasteiger partial charge is 0.493 e. The molecule has 2 aromatic carbocycles. The van der Waals surface area contributed by atoms with Gasteiger partial charge in [-0.05, 0) is 42.7 Å². The maximum Gasteiger partial charge on any atom is 0.344 e. The zero-order valence-corrected chi connectivity index (χ0v) is 16.5. The summed E-state index contributed by atoms with van der Waals surface area (Å²) < 4.78 is 20.9. The van der Waals surface area contributed by atoms with Crippen LogP contribution in [-0.2, 0) is 20.9 Å². The number of aryl methyl sites for hydroxylation is 2. The Balaban J connectivity index is 1.75. The van der Waals surface area contributed by atoms with E-state index in [2.05, 4.69) is 5.32 Å². The van der Waals surface area contributed by atoms with Crippen LogP contribution in [0.3, 0.4) is 0 Å². The Labute approximate surface area is 164 Å². The first kappa shape index (κ1) is 21.1. The van der Waals surface area contributed by atoms with E-state index in [1.807, 2.05) is 38.1 Å². The van der Waals surface area contributed by atoms with Gasteiger partial charge in [-0.25, -0.2) is 4.79 Å². The van der Waals surface area contributed by atoms with Gasteiger partial charge in [0.15, 0.2) is 24.7 Å². The van der Waals surface area contributed by atoms with E-state index in [1.54, 1.807) is 26.4 Å². The Morgan fingerprint density at radius 3 is 2.25 bits per heavy atom. The lowest BCUT2D eigenvalue weighted by Crippen LogP contribution is -2.29. The van der Waals surface area contributed by atoms with Crippen LogP contribution in [-0.4, -0.2) is 39.3 Å². The topological polar surface area (TPSA) is 83.1 Å². The van der Waals surface area contributed by atoms with Crippen molar-refractivity contribution in [3.8, 4) is 17.2 Å². The van der Waals surface area contributed by atoms with Crippen LogP contribution in [0.5, 0.6) is 17.2 Å². The van der Waals surface area contributed by atoms with Gasteiger partial charge in [0.1, 0.15) is 5.75 Å². The quantitative estimate of drug-likeness (QED) is 0.666. The zero-order chi connectivity index (χ0) is 20.5. The third kappa shape index (κ3) is 5.90. The fourth-order valence-corrected chi connectivity index (χ4v) is 2.59. The predicted octanol–water partition coefficient (Wildman–Crippen LogP) is 2.56. The summed E-state index contributed by atoms with van der Waals surface area (Å²) >= 11 is 0. The summed E-state index contributed by atoms with van der Waals surface area (Å²) in [5.41, 5.74) is 2.69. The third-order valence-corrected chi connectivity index (χ3v) is 4.05. The summed E-state index contributed by atoms with van der Waals surface area (Å²) in [4.78, 5) is 23.7. The van der Waals surface area contributed by atoms with E-state index in [1.165, 1.54) is 0 Å². The molecule has 0 radical (unpaired) electrons. The third-order valence-electron chi connectivity index (χ3n) is 4.05. The van der Waals surface area contributed by atoms with Crippen LogP contribution in [0.1, 0.15) is 16.7 Å². The van der Waals surface area contributed by atoms with Gasteiger partial charge < -0.3 is 24.3 Å². The molecule has 7 nitrogen and oxygen atoms in total. The minimum atomic E-state index is -0.607. The molecule has 0 saturated heterocycles. The first-order chi connectivity index (χ1) is 13.4. The first-order valence-electron chi connectivity index (χ1n) is 8.76. The molecule has 0 saturated carbocycles. The maximum absolute atomic E-state index is 11.9. The van der Waals surface area contributed by atoms with Gasteiger partial charge in [0.25, 0.3) is 5.91 Å². The number of esters is 1. The molecule has 0 heterocycles. The summed E-state index contributed by atoms with van der Waals surface area (Å²) in [6.07, 6.45) is 0. The highest BCUT2D eigenvalue weighted by Gasteiger charge is 2.11. The zero-order valence-electron chi connectivity index (χ0n) is 16.5. The number of benzene rings is 2. The molecule has 0 aliphatic rings. The fourth-order valence-electron chi connectivity index (χ4n) is 2.59. The molecule has 0 spiro atoms. The standard InChI is InChI=1S/C21H25NO6/c1-14-6-5-7-15(2)21(14)28-13-20(24)27-12-19(23)22-11-16-8-9-17(25-3)18(10-16)26-4/h5-10H,11-13H2,1-4H3,(H,22,23). The highest BCUT2D eigenvalue weighted by molar-refractivity contribution is 5.80. The molecule has 1 N–H and O–H groups in total. The van der Waals surface area contributed by atoms with Crippen molar-refractivity contribution in [3.63, 3.8) is 0 Å². The molecule has 1 amide bonds. The van der Waals surface area contributed by atoms with E-state index in [-0.39, 0.29) is 19.8 Å². The number of methoxy groups -OCH3 is 2. The van der Waals surface area contributed by atoms with E-state index < -0.39 is 11.9 Å². The number of rotatable bonds is 9. The van der Waals surface area contributed by atoms with Gasteiger partial charge in [0, 0.05) is 6.54 Å². The van der Waals surface area contributed by atoms with Crippen molar-refractivity contribution in [2.45, 2.75) is 20.4 Å². The fraction of sp³-hybridized carbons (Fsp3) is 0.333. The van der Waals surface area contributed by atoms with Crippen molar-refractivity contribution in [1.82, 2.24) is 5.32 Å². The van der Waals surface area contributed by atoms with Gasteiger partial charge >= 0.3 is 5.97 Å². The van der Waals surface area contributed by atoms with E-state index in [0.717, 1.165) is 16.7 Å². The SMILES string of the molecule is COc1ccc(CNC(=O)COC(=O)COc2c(C)cccc2C)cc1OC. The number of para-hydroxylation sites is 1. The van der Waals surface area contributed by atoms with Crippen LogP contribution < -0.4 is 19.5 Å². The average Bonchev–Trinajstić information content (AvgIpc) is 2.70.